The van der Waals surface area contributed by atoms with Gasteiger partial charge in [0.05, 0.1) is 24.1 Å². The fourth-order valence-electron chi connectivity index (χ4n) is 4.86. The first-order valence-electron chi connectivity index (χ1n) is 13.7. The highest BCUT2D eigenvalue weighted by molar-refractivity contribution is 6.09. The molecule has 0 unspecified atom stereocenters. The molecule has 0 spiro atoms. The van der Waals surface area contributed by atoms with Gasteiger partial charge in [0.2, 0.25) is 0 Å². The third kappa shape index (κ3) is 7.67. The SMILES string of the molecule is C=C.CC.CC(C)(C)O.Cc1cc2c(C(F)F)c(C)ccc2c(-c2ccc3c4c(ccnc24)CCO3)c1CC(=O)O. The molecule has 41 heavy (non-hydrogen) atoms. The molecule has 4 aromatic rings. The molecule has 2 N–H and O–H groups in total. The molecular weight excluding hydrogens is 524 g/mol. The first kappa shape index (κ1) is 33.4. The fourth-order valence-corrected chi connectivity index (χ4v) is 4.86. The minimum Gasteiger partial charge on any atom is -0.493 e. The number of carboxylic acids is 1. The quantitative estimate of drug-likeness (QED) is 0.242. The van der Waals surface area contributed by atoms with E-state index in [1.165, 1.54) is 0 Å². The van der Waals surface area contributed by atoms with Crippen LogP contribution >= 0.6 is 0 Å². The van der Waals surface area contributed by atoms with Gasteiger partial charge >= 0.3 is 5.97 Å². The zero-order valence-corrected chi connectivity index (χ0v) is 25.1. The number of pyridine rings is 1. The second-order valence-electron chi connectivity index (χ2n) is 10.4. The Bertz CT molecular complexity index is 1510. The van der Waals surface area contributed by atoms with E-state index in [-0.39, 0.29) is 12.0 Å². The highest BCUT2D eigenvalue weighted by Crippen LogP contribution is 2.44. The van der Waals surface area contributed by atoms with Gasteiger partial charge < -0.3 is 14.9 Å². The van der Waals surface area contributed by atoms with Gasteiger partial charge in [0.25, 0.3) is 6.43 Å². The van der Waals surface area contributed by atoms with Gasteiger partial charge in [-0.2, -0.15) is 0 Å². The monoisotopic (exact) mass is 565 g/mol. The average Bonchev–Trinajstić information content (AvgIpc) is 2.91. The molecule has 0 fully saturated rings. The number of hydrogen-bond donors (Lipinski definition) is 2. The highest BCUT2D eigenvalue weighted by atomic mass is 19.3. The molecule has 1 aliphatic heterocycles. The topological polar surface area (TPSA) is 79.7 Å². The van der Waals surface area contributed by atoms with Crippen LogP contribution in [0, 0.1) is 13.8 Å². The Kier molecular flexibility index (Phi) is 11.5. The summed E-state index contributed by atoms with van der Waals surface area (Å²) >= 11 is 0. The van der Waals surface area contributed by atoms with Gasteiger partial charge in [0.15, 0.2) is 0 Å². The Balaban J connectivity index is 0.000000583. The fraction of sp³-hybridized carbons (Fsp3) is 0.353. The molecular formula is C34H41F2NO4. The molecule has 5 rings (SSSR count). The van der Waals surface area contributed by atoms with Crippen molar-refractivity contribution in [3.8, 4) is 16.9 Å². The van der Waals surface area contributed by atoms with Crippen LogP contribution in [-0.2, 0) is 17.6 Å². The summed E-state index contributed by atoms with van der Waals surface area (Å²) < 4.78 is 33.9. The van der Waals surface area contributed by atoms with Crippen LogP contribution < -0.4 is 4.74 Å². The van der Waals surface area contributed by atoms with Crippen molar-refractivity contribution in [1.82, 2.24) is 4.98 Å². The van der Waals surface area contributed by atoms with Crippen LogP contribution in [0.15, 0.2) is 55.8 Å². The Morgan fingerprint density at radius 3 is 2.27 bits per heavy atom. The van der Waals surface area contributed by atoms with Crippen molar-refractivity contribution in [2.75, 3.05) is 6.61 Å². The summed E-state index contributed by atoms with van der Waals surface area (Å²) in [6.45, 7) is 19.3. The van der Waals surface area contributed by atoms with E-state index in [1.54, 1.807) is 52.9 Å². The molecule has 220 valence electrons. The number of rotatable bonds is 4. The molecule has 1 aliphatic rings. The van der Waals surface area contributed by atoms with Gasteiger partial charge in [-0.25, -0.2) is 8.78 Å². The minimum absolute atomic E-state index is 0.0206. The van der Waals surface area contributed by atoms with Crippen LogP contribution in [0.3, 0.4) is 0 Å². The summed E-state index contributed by atoms with van der Waals surface area (Å²) in [6.07, 6.45) is -0.367. The van der Waals surface area contributed by atoms with E-state index in [4.69, 9.17) is 9.84 Å². The smallest absolute Gasteiger partial charge is 0.307 e. The molecule has 7 heteroatoms. The van der Waals surface area contributed by atoms with Crippen LogP contribution in [0.2, 0.25) is 0 Å². The third-order valence-electron chi connectivity index (χ3n) is 6.30. The maximum atomic E-state index is 14.0. The number of fused-ring (bicyclic) bond motifs is 1. The van der Waals surface area contributed by atoms with Crippen molar-refractivity contribution in [3.05, 3.63) is 83.6 Å². The lowest BCUT2D eigenvalue weighted by atomic mass is 9.85. The molecule has 2 heterocycles. The Morgan fingerprint density at radius 1 is 1.05 bits per heavy atom. The van der Waals surface area contributed by atoms with E-state index in [0.29, 0.717) is 45.1 Å². The van der Waals surface area contributed by atoms with E-state index >= 15 is 0 Å². The van der Waals surface area contributed by atoms with E-state index in [9.17, 15) is 18.7 Å². The van der Waals surface area contributed by atoms with Crippen molar-refractivity contribution in [2.45, 2.75) is 73.3 Å². The summed E-state index contributed by atoms with van der Waals surface area (Å²) in [7, 11) is 0. The number of carbonyl (C=O) groups is 1. The summed E-state index contributed by atoms with van der Waals surface area (Å²) in [5, 5.41) is 20.1. The zero-order chi connectivity index (χ0) is 31.1. The Labute approximate surface area is 241 Å². The summed E-state index contributed by atoms with van der Waals surface area (Å²) in [5.74, 6) is -0.243. The molecule has 0 saturated heterocycles. The second-order valence-corrected chi connectivity index (χ2v) is 10.4. The van der Waals surface area contributed by atoms with Crippen LogP contribution in [0.1, 0.15) is 68.9 Å². The second kappa shape index (κ2) is 14.2. The summed E-state index contributed by atoms with van der Waals surface area (Å²) in [6, 6.07) is 10.9. The number of benzene rings is 3. The van der Waals surface area contributed by atoms with E-state index in [2.05, 4.69) is 18.1 Å². The summed E-state index contributed by atoms with van der Waals surface area (Å²) in [5.41, 5.74) is 4.43. The minimum atomic E-state index is -2.64. The molecule has 0 radical (unpaired) electrons. The van der Waals surface area contributed by atoms with Crippen LogP contribution in [0.4, 0.5) is 8.78 Å². The van der Waals surface area contributed by atoms with Crippen molar-refractivity contribution >= 4 is 27.6 Å². The van der Waals surface area contributed by atoms with Crippen molar-refractivity contribution < 1.29 is 28.5 Å². The number of hydrogen-bond acceptors (Lipinski definition) is 4. The maximum absolute atomic E-state index is 14.0. The van der Waals surface area contributed by atoms with E-state index < -0.39 is 18.0 Å². The third-order valence-corrected chi connectivity index (χ3v) is 6.30. The molecule has 0 saturated carbocycles. The Morgan fingerprint density at radius 2 is 1.68 bits per heavy atom. The number of ether oxygens (including phenoxy) is 1. The van der Waals surface area contributed by atoms with Gasteiger partial charge in [0.1, 0.15) is 5.75 Å². The number of aromatic nitrogens is 1. The van der Waals surface area contributed by atoms with Gasteiger partial charge in [-0.15, -0.1) is 13.2 Å². The van der Waals surface area contributed by atoms with Gasteiger partial charge in [-0.3, -0.25) is 9.78 Å². The number of aryl methyl sites for hydroxylation is 2. The number of nitrogens with zero attached hydrogens (tertiary/aromatic N) is 1. The molecule has 0 bridgehead atoms. The highest BCUT2D eigenvalue weighted by Gasteiger charge is 2.24. The molecule has 0 amide bonds. The number of aliphatic hydroxyl groups is 1. The molecule has 1 aromatic heterocycles. The van der Waals surface area contributed by atoms with Gasteiger partial charge in [0, 0.05) is 29.1 Å². The van der Waals surface area contributed by atoms with Crippen LogP contribution in [0.5, 0.6) is 5.75 Å². The standard InChI is InChI=1S/C26H21F2NO3.C4H10O.C2H6.C2H4/c1-13-3-4-16-19(22(13)26(27)28)11-14(2)18(12-21(30)31)24(16)17-5-6-20-23-15(8-10-32-20)7-9-29-25(17)23;1-4(2,3)5;2*1-2/h3-7,9,11,26H,8,10,12H2,1-2H3,(H,30,31);5H,1-3H3;1-2H3;1-2H2. The maximum Gasteiger partial charge on any atom is 0.307 e. The lowest BCUT2D eigenvalue weighted by Crippen LogP contribution is -2.10. The van der Waals surface area contributed by atoms with Gasteiger partial charge in [-0.1, -0.05) is 32.0 Å². The van der Waals surface area contributed by atoms with Crippen molar-refractivity contribution in [2.24, 2.45) is 0 Å². The van der Waals surface area contributed by atoms with E-state index in [1.807, 2.05) is 38.1 Å². The van der Waals surface area contributed by atoms with Crippen molar-refractivity contribution in [3.63, 3.8) is 0 Å². The molecule has 0 aliphatic carbocycles. The van der Waals surface area contributed by atoms with Crippen LogP contribution in [0.25, 0.3) is 32.8 Å². The predicted molar refractivity (Wildman–Crippen MR) is 164 cm³/mol. The largest absolute Gasteiger partial charge is 0.493 e. The van der Waals surface area contributed by atoms with Crippen LogP contribution in [-0.4, -0.2) is 33.4 Å². The first-order valence-corrected chi connectivity index (χ1v) is 13.7. The summed E-state index contributed by atoms with van der Waals surface area (Å²) in [4.78, 5) is 16.4. The zero-order valence-electron chi connectivity index (χ0n) is 25.1. The normalized spacial score (nSPS) is 11.9. The lowest BCUT2D eigenvalue weighted by molar-refractivity contribution is -0.136. The average molecular weight is 566 g/mol. The molecule has 5 nitrogen and oxygen atoms in total. The van der Waals surface area contributed by atoms with Gasteiger partial charge in [-0.05, 0) is 91.4 Å². The molecule has 0 atom stereocenters. The molecule has 3 aromatic carbocycles. The number of aliphatic carboxylic acids is 1. The number of halogens is 2. The Hall–Kier alpha value is -3.84. The predicted octanol–water partition coefficient (Wildman–Crippen LogP) is 8.78. The lowest BCUT2D eigenvalue weighted by Gasteiger charge is -2.22. The van der Waals surface area contributed by atoms with Crippen molar-refractivity contribution in [1.29, 1.82) is 0 Å². The number of alkyl halides is 2. The first-order chi connectivity index (χ1) is 19.4. The van der Waals surface area contributed by atoms with E-state index in [0.717, 1.165) is 28.7 Å². The number of carboxylic acid groups (broad SMARTS) is 1.